The van der Waals surface area contributed by atoms with Crippen LogP contribution in [-0.4, -0.2) is 15.7 Å². The molecule has 1 heterocycles. The average Bonchev–Trinajstić information content (AvgIpc) is 2.60. The Kier molecular flexibility index (Phi) is 4.16. The molecule has 0 saturated heterocycles. The predicted molar refractivity (Wildman–Crippen MR) is 87.6 cm³/mol. The van der Waals surface area contributed by atoms with Gasteiger partial charge in [0.25, 0.3) is 11.5 Å². The Hall–Kier alpha value is -2.99. The fourth-order valence-electron chi connectivity index (χ4n) is 2.51. The predicted octanol–water partition coefficient (Wildman–Crippen LogP) is 0.977. The SMILES string of the molecule is NNC(=O)Cn1nc(Cc2ccccc2)c2ccccc2c1=O. The maximum absolute atomic E-state index is 12.5. The van der Waals surface area contributed by atoms with E-state index in [9.17, 15) is 9.59 Å². The number of amides is 1. The van der Waals surface area contributed by atoms with Crippen LogP contribution in [0.25, 0.3) is 10.8 Å². The Bertz CT molecular complexity index is 903. The van der Waals surface area contributed by atoms with Crippen molar-refractivity contribution in [2.45, 2.75) is 13.0 Å². The molecule has 3 rings (SSSR count). The quantitative estimate of drug-likeness (QED) is 0.427. The molecule has 0 saturated carbocycles. The van der Waals surface area contributed by atoms with Gasteiger partial charge in [-0.25, -0.2) is 10.5 Å². The number of rotatable bonds is 4. The summed E-state index contributed by atoms with van der Waals surface area (Å²) in [6.45, 7) is -0.206. The lowest BCUT2D eigenvalue weighted by Gasteiger charge is -2.10. The first kappa shape index (κ1) is 14.9. The highest BCUT2D eigenvalue weighted by molar-refractivity contribution is 5.84. The largest absolute Gasteiger partial charge is 0.293 e. The molecule has 116 valence electrons. The van der Waals surface area contributed by atoms with E-state index in [2.05, 4.69) is 5.10 Å². The number of hydrazine groups is 1. The van der Waals surface area contributed by atoms with Crippen LogP contribution in [0.3, 0.4) is 0 Å². The summed E-state index contributed by atoms with van der Waals surface area (Å²) in [6, 6.07) is 17.1. The lowest BCUT2D eigenvalue weighted by atomic mass is 10.0. The minimum Gasteiger partial charge on any atom is -0.293 e. The number of carbonyl (C=O) groups excluding carboxylic acids is 1. The third-order valence-corrected chi connectivity index (χ3v) is 3.61. The smallest absolute Gasteiger partial charge is 0.275 e. The van der Waals surface area contributed by atoms with Gasteiger partial charge < -0.3 is 0 Å². The fraction of sp³-hybridized carbons (Fsp3) is 0.118. The normalized spacial score (nSPS) is 10.7. The summed E-state index contributed by atoms with van der Waals surface area (Å²) in [5.41, 5.74) is 3.54. The first-order chi connectivity index (χ1) is 11.2. The summed E-state index contributed by atoms with van der Waals surface area (Å²) in [7, 11) is 0. The summed E-state index contributed by atoms with van der Waals surface area (Å²) in [5.74, 6) is 4.63. The molecule has 0 fully saturated rings. The summed E-state index contributed by atoms with van der Waals surface area (Å²) < 4.78 is 1.16. The van der Waals surface area contributed by atoms with Gasteiger partial charge in [0.1, 0.15) is 6.54 Å². The van der Waals surface area contributed by atoms with Crippen molar-refractivity contribution >= 4 is 16.7 Å². The van der Waals surface area contributed by atoms with E-state index in [1.165, 1.54) is 0 Å². The lowest BCUT2D eigenvalue weighted by molar-refractivity contribution is -0.121. The number of hydrogen-bond donors (Lipinski definition) is 2. The van der Waals surface area contributed by atoms with Crippen molar-refractivity contribution in [3.8, 4) is 0 Å². The average molecular weight is 308 g/mol. The first-order valence-electron chi connectivity index (χ1n) is 7.21. The van der Waals surface area contributed by atoms with E-state index in [-0.39, 0.29) is 12.1 Å². The molecule has 0 unspecified atom stereocenters. The van der Waals surface area contributed by atoms with Crippen molar-refractivity contribution in [2.75, 3.05) is 0 Å². The van der Waals surface area contributed by atoms with Gasteiger partial charge in [0.05, 0.1) is 11.1 Å². The van der Waals surface area contributed by atoms with E-state index >= 15 is 0 Å². The second-order valence-corrected chi connectivity index (χ2v) is 5.18. The summed E-state index contributed by atoms with van der Waals surface area (Å²) >= 11 is 0. The van der Waals surface area contributed by atoms with Gasteiger partial charge in [-0.1, -0.05) is 48.5 Å². The number of hydrogen-bond acceptors (Lipinski definition) is 4. The van der Waals surface area contributed by atoms with E-state index < -0.39 is 5.91 Å². The number of nitrogens with zero attached hydrogens (tertiary/aromatic N) is 2. The van der Waals surface area contributed by atoms with Gasteiger partial charge in [-0.2, -0.15) is 5.10 Å². The molecule has 6 heteroatoms. The van der Waals surface area contributed by atoms with E-state index in [0.29, 0.717) is 11.8 Å². The number of aromatic nitrogens is 2. The van der Waals surface area contributed by atoms with Crippen molar-refractivity contribution in [2.24, 2.45) is 5.84 Å². The van der Waals surface area contributed by atoms with Crippen molar-refractivity contribution in [3.05, 3.63) is 76.2 Å². The second kappa shape index (κ2) is 6.41. The zero-order chi connectivity index (χ0) is 16.2. The standard InChI is InChI=1S/C17H16N4O2/c18-19-16(22)11-21-17(23)14-9-5-4-8-13(14)15(20-21)10-12-6-2-1-3-7-12/h1-9H,10-11,18H2,(H,19,22). The molecule has 2 aromatic carbocycles. The van der Waals surface area contributed by atoms with Crippen molar-refractivity contribution < 1.29 is 4.79 Å². The Balaban J connectivity index is 2.13. The topological polar surface area (TPSA) is 90.0 Å². The van der Waals surface area contributed by atoms with E-state index in [1.54, 1.807) is 12.1 Å². The minimum absolute atomic E-state index is 0.206. The molecule has 0 bridgehead atoms. The van der Waals surface area contributed by atoms with Gasteiger partial charge in [-0.15, -0.1) is 0 Å². The van der Waals surface area contributed by atoms with E-state index in [4.69, 9.17) is 5.84 Å². The van der Waals surface area contributed by atoms with E-state index in [0.717, 1.165) is 21.3 Å². The zero-order valence-corrected chi connectivity index (χ0v) is 12.4. The van der Waals surface area contributed by atoms with E-state index in [1.807, 2.05) is 47.9 Å². The van der Waals surface area contributed by atoms with Gasteiger partial charge >= 0.3 is 0 Å². The van der Waals surface area contributed by atoms with Crippen LogP contribution in [0.15, 0.2) is 59.4 Å². The Morgan fingerprint density at radius 3 is 2.39 bits per heavy atom. The molecule has 0 aliphatic heterocycles. The Morgan fingerprint density at radius 2 is 1.70 bits per heavy atom. The summed E-state index contributed by atoms with van der Waals surface area (Å²) in [6.07, 6.45) is 0.575. The molecule has 0 aliphatic rings. The third-order valence-electron chi connectivity index (χ3n) is 3.61. The zero-order valence-electron chi connectivity index (χ0n) is 12.4. The Labute approximate surface area is 132 Å². The molecule has 0 spiro atoms. The fourth-order valence-corrected chi connectivity index (χ4v) is 2.51. The highest BCUT2D eigenvalue weighted by Gasteiger charge is 2.12. The van der Waals surface area contributed by atoms with Crippen molar-refractivity contribution in [1.29, 1.82) is 0 Å². The van der Waals surface area contributed by atoms with Crippen molar-refractivity contribution in [1.82, 2.24) is 15.2 Å². The molecular weight excluding hydrogens is 292 g/mol. The monoisotopic (exact) mass is 308 g/mol. The van der Waals surface area contributed by atoms with Crippen LogP contribution in [-0.2, 0) is 17.8 Å². The molecular formula is C17H16N4O2. The van der Waals surface area contributed by atoms with Gasteiger partial charge in [-0.3, -0.25) is 15.0 Å². The van der Waals surface area contributed by atoms with Gasteiger partial charge in [0.2, 0.25) is 0 Å². The molecule has 3 N–H and O–H groups in total. The lowest BCUT2D eigenvalue weighted by Crippen LogP contribution is -2.37. The van der Waals surface area contributed by atoms with Crippen LogP contribution in [0.4, 0.5) is 0 Å². The van der Waals surface area contributed by atoms with Crippen LogP contribution >= 0.6 is 0 Å². The molecule has 1 aromatic heterocycles. The number of nitrogens with one attached hydrogen (secondary N) is 1. The molecule has 0 aliphatic carbocycles. The summed E-state index contributed by atoms with van der Waals surface area (Å²) in [4.78, 5) is 24.0. The molecule has 6 nitrogen and oxygen atoms in total. The van der Waals surface area contributed by atoms with Crippen molar-refractivity contribution in [3.63, 3.8) is 0 Å². The van der Waals surface area contributed by atoms with Crippen LogP contribution < -0.4 is 16.8 Å². The van der Waals surface area contributed by atoms with Crippen LogP contribution in [0, 0.1) is 0 Å². The van der Waals surface area contributed by atoms with Gasteiger partial charge in [0, 0.05) is 11.8 Å². The van der Waals surface area contributed by atoms with Gasteiger partial charge in [0.15, 0.2) is 0 Å². The summed E-state index contributed by atoms with van der Waals surface area (Å²) in [5, 5.41) is 5.71. The second-order valence-electron chi connectivity index (χ2n) is 5.18. The number of fused-ring (bicyclic) bond motifs is 1. The maximum Gasteiger partial charge on any atom is 0.275 e. The molecule has 0 atom stereocenters. The third kappa shape index (κ3) is 3.12. The van der Waals surface area contributed by atoms with Gasteiger partial charge in [-0.05, 0) is 11.6 Å². The molecule has 23 heavy (non-hydrogen) atoms. The number of nitrogens with two attached hydrogens (primary N) is 1. The minimum atomic E-state index is -0.472. The number of benzene rings is 2. The molecule has 0 radical (unpaired) electrons. The Morgan fingerprint density at radius 1 is 1.04 bits per heavy atom. The highest BCUT2D eigenvalue weighted by Crippen LogP contribution is 2.16. The van der Waals surface area contributed by atoms with Crippen LogP contribution in [0.2, 0.25) is 0 Å². The first-order valence-corrected chi connectivity index (χ1v) is 7.21. The van der Waals surface area contributed by atoms with Crippen LogP contribution in [0.5, 0.6) is 0 Å². The molecule has 1 amide bonds. The number of carbonyl (C=O) groups is 1. The molecule has 3 aromatic rings. The van der Waals surface area contributed by atoms with Crippen LogP contribution in [0.1, 0.15) is 11.3 Å². The maximum atomic E-state index is 12.5. The highest BCUT2D eigenvalue weighted by atomic mass is 16.2.